The first kappa shape index (κ1) is 80.6. The third kappa shape index (κ3) is 67.0. The van der Waals surface area contributed by atoms with Crippen LogP contribution in [-0.4, -0.2) is 82.3 Å². The van der Waals surface area contributed by atoms with Crippen molar-refractivity contribution in [3.63, 3.8) is 0 Å². The lowest BCUT2D eigenvalue weighted by molar-refractivity contribution is -0.870. The molecular weight excluding hydrogens is 1080 g/mol. The van der Waals surface area contributed by atoms with Gasteiger partial charge in [-0.15, -0.1) is 0 Å². The minimum atomic E-state index is -1.66. The number of aliphatic carboxylic acids is 1. The summed E-state index contributed by atoms with van der Waals surface area (Å²) in [5, 5.41) is 11.8. The molecule has 0 bridgehead atoms. The lowest BCUT2D eigenvalue weighted by atomic mass is 10.1. The molecule has 2 unspecified atom stereocenters. The van der Waals surface area contributed by atoms with E-state index in [1.54, 1.807) is 0 Å². The lowest BCUT2D eigenvalue weighted by Crippen LogP contribution is -2.44. The first-order valence-corrected chi connectivity index (χ1v) is 32.9. The van der Waals surface area contributed by atoms with Crippen molar-refractivity contribution in [1.29, 1.82) is 0 Å². The predicted molar refractivity (Wildman–Crippen MR) is 370 cm³/mol. The zero-order valence-corrected chi connectivity index (χ0v) is 54.8. The molecule has 9 nitrogen and oxygen atoms in total. The van der Waals surface area contributed by atoms with E-state index in [0.29, 0.717) is 23.9 Å². The number of nitrogens with zero attached hydrogens (tertiary/aromatic N) is 1. The van der Waals surface area contributed by atoms with E-state index in [2.05, 4.69) is 233 Å². The molecule has 0 amide bonds. The first-order chi connectivity index (χ1) is 42.6. The fraction of sp³-hybridized carbons (Fsp3) is 0.500. The van der Waals surface area contributed by atoms with Crippen LogP contribution in [-0.2, 0) is 33.3 Å². The second-order valence-electron chi connectivity index (χ2n) is 21.9. The first-order valence-electron chi connectivity index (χ1n) is 32.9. The van der Waals surface area contributed by atoms with Crippen LogP contribution >= 0.6 is 0 Å². The van der Waals surface area contributed by atoms with Gasteiger partial charge in [0.15, 0.2) is 12.4 Å². The number of hydrogen-bond acceptors (Lipinski definition) is 8. The van der Waals surface area contributed by atoms with Crippen molar-refractivity contribution in [2.24, 2.45) is 0 Å². The summed E-state index contributed by atoms with van der Waals surface area (Å²) >= 11 is 0. The van der Waals surface area contributed by atoms with Crippen LogP contribution in [0.1, 0.15) is 194 Å². The summed E-state index contributed by atoms with van der Waals surface area (Å²) in [6.45, 7) is 4.39. The number of likely N-dealkylation sites (N-methyl/N-ethyl adjacent to an activating group) is 1. The largest absolute Gasteiger partial charge is 0.545 e. The molecule has 0 aliphatic carbocycles. The van der Waals surface area contributed by atoms with Gasteiger partial charge in [-0.3, -0.25) is 9.59 Å². The summed E-state index contributed by atoms with van der Waals surface area (Å²) in [4.78, 5) is 37.4. The number of unbranched alkanes of at least 4 members (excludes halogenated alkanes) is 6. The predicted octanol–water partition coefficient (Wildman–Crippen LogP) is 19.2. The smallest absolute Gasteiger partial charge is 0.306 e. The topological polar surface area (TPSA) is 111 Å². The highest BCUT2D eigenvalue weighted by Gasteiger charge is 2.22. The number of hydrogen-bond donors (Lipinski definition) is 0. The zero-order valence-electron chi connectivity index (χ0n) is 54.8. The van der Waals surface area contributed by atoms with Crippen molar-refractivity contribution in [3.05, 3.63) is 219 Å². The van der Waals surface area contributed by atoms with Crippen molar-refractivity contribution < 1.29 is 42.9 Å². The van der Waals surface area contributed by atoms with Gasteiger partial charge in [-0.25, -0.2) is 0 Å². The normalized spacial score (nSPS) is 14.2. The Morgan fingerprint density at radius 3 is 0.931 bits per heavy atom. The molecule has 0 aromatic rings. The van der Waals surface area contributed by atoms with Gasteiger partial charge in [0, 0.05) is 12.8 Å². The Hall–Kier alpha value is -6.39. The SMILES string of the molecule is CC/C=C\C/C=C\C/C=C\C/C=C\C/C=C\C/C=C\C/C=C\C/C=C\C/C=C\C/C=C\C/C=C\C/C=C\CCCCC(=O)OC(COC(=O)CCCCCC/C=C\C/C=C\C/C=C\C/C=C\C/C=C\C/C=C\CC)COC(OCC[N+](C)(C)C)C(=O)[O-]. The number of rotatable bonds is 57. The van der Waals surface area contributed by atoms with Crippen molar-refractivity contribution in [1.82, 2.24) is 0 Å². The maximum Gasteiger partial charge on any atom is 0.306 e. The van der Waals surface area contributed by atoms with Gasteiger partial charge in [-0.05, 0) is 154 Å². The molecule has 0 fully saturated rings. The average Bonchev–Trinajstić information content (AvgIpc) is 3.55. The van der Waals surface area contributed by atoms with E-state index < -0.39 is 30.3 Å². The molecule has 0 aliphatic rings. The number of allylic oxidation sites excluding steroid dienone is 36. The molecule has 0 N–H and O–H groups in total. The molecule has 9 heteroatoms. The minimum absolute atomic E-state index is 0.121. The molecule has 482 valence electrons. The Kier molecular flexibility index (Phi) is 60.8. The van der Waals surface area contributed by atoms with Crippen LogP contribution < -0.4 is 5.11 Å². The maximum atomic E-state index is 12.9. The Balaban J connectivity index is 4.37. The van der Waals surface area contributed by atoms with Crippen LogP contribution in [0, 0.1) is 0 Å². The van der Waals surface area contributed by atoms with Gasteiger partial charge in [-0.1, -0.05) is 245 Å². The summed E-state index contributed by atoms with van der Waals surface area (Å²) in [6, 6.07) is 0. The summed E-state index contributed by atoms with van der Waals surface area (Å²) < 4.78 is 22.6. The third-order valence-corrected chi connectivity index (χ3v) is 12.7. The van der Waals surface area contributed by atoms with E-state index >= 15 is 0 Å². The van der Waals surface area contributed by atoms with Crippen molar-refractivity contribution >= 4 is 17.9 Å². The molecule has 0 aromatic heterocycles. The Bertz CT molecular complexity index is 2230. The van der Waals surface area contributed by atoms with Gasteiger partial charge in [0.05, 0.1) is 40.3 Å². The van der Waals surface area contributed by atoms with Crippen LogP contribution in [0.25, 0.3) is 0 Å². The Morgan fingerprint density at radius 1 is 0.345 bits per heavy atom. The van der Waals surface area contributed by atoms with Crippen LogP contribution in [0.15, 0.2) is 219 Å². The second kappa shape index (κ2) is 65.6. The van der Waals surface area contributed by atoms with Crippen molar-refractivity contribution in [2.45, 2.75) is 206 Å². The van der Waals surface area contributed by atoms with Crippen molar-refractivity contribution in [2.75, 3.05) is 47.5 Å². The molecule has 0 aliphatic heterocycles. The van der Waals surface area contributed by atoms with Gasteiger partial charge in [0.2, 0.25) is 0 Å². The third-order valence-electron chi connectivity index (χ3n) is 12.7. The van der Waals surface area contributed by atoms with E-state index in [0.717, 1.165) is 154 Å². The van der Waals surface area contributed by atoms with Crippen LogP contribution in [0.5, 0.6) is 0 Å². The molecule has 0 spiro atoms. The van der Waals surface area contributed by atoms with E-state index in [-0.39, 0.29) is 32.7 Å². The van der Waals surface area contributed by atoms with E-state index in [1.807, 2.05) is 21.1 Å². The highest BCUT2D eigenvalue weighted by molar-refractivity contribution is 5.70. The number of carboxylic acids is 1. The number of carbonyl (C=O) groups excluding carboxylic acids is 3. The molecule has 0 rings (SSSR count). The van der Waals surface area contributed by atoms with Crippen LogP contribution in [0.3, 0.4) is 0 Å². The van der Waals surface area contributed by atoms with Gasteiger partial charge in [0.1, 0.15) is 13.2 Å². The number of carbonyl (C=O) groups is 3. The fourth-order valence-corrected chi connectivity index (χ4v) is 7.75. The Labute approximate surface area is 530 Å². The highest BCUT2D eigenvalue weighted by Crippen LogP contribution is 2.11. The molecule has 0 aromatic carbocycles. The van der Waals surface area contributed by atoms with Gasteiger partial charge in [0.25, 0.3) is 0 Å². The number of quaternary nitrogens is 1. The maximum absolute atomic E-state index is 12.9. The van der Waals surface area contributed by atoms with E-state index in [9.17, 15) is 19.5 Å². The average molecular weight is 1200 g/mol. The molecule has 0 heterocycles. The standard InChI is InChI=1S/C78H117NO8/c1-6-8-10-12-14-16-18-20-22-24-26-28-30-31-32-33-34-35-36-37-38-39-40-41-42-43-44-45-47-49-51-53-55-57-59-61-63-65-67-69-76(81)87-74(73-86-78(77(82)83)84-71-70-79(3,4)5)72-85-75(80)68-66-64-62-60-58-56-54-52-50-48-46-29-27-25-23-21-19-17-15-13-11-9-7-2/h8-11,14-17,20-23,26-29,31-32,34-35,37-38,40-41,43-44,47-50,53-56,59,61,74,78H,6-7,12-13,18-19,24-25,30,33,36,39,42,45-46,51-52,57-58,60,62-73H2,1-5H3/b10-8-,11-9-,16-14-,17-15-,22-20-,23-21-,28-26-,29-27-,32-31-,35-34-,38-37-,41-40-,44-43-,49-47-,50-48-,55-53-,56-54-,61-59-. The highest BCUT2D eigenvalue weighted by atomic mass is 16.7. The van der Waals surface area contributed by atoms with E-state index in [4.69, 9.17) is 18.9 Å². The quantitative estimate of drug-likeness (QED) is 0.0195. The monoisotopic (exact) mass is 1200 g/mol. The van der Waals surface area contributed by atoms with Crippen LogP contribution in [0.2, 0.25) is 0 Å². The summed E-state index contributed by atoms with van der Waals surface area (Å²) in [7, 11) is 5.88. The number of ether oxygens (including phenoxy) is 4. The molecule has 0 saturated carbocycles. The summed E-state index contributed by atoms with van der Waals surface area (Å²) in [5.41, 5.74) is 0. The molecular formula is C78H117NO8. The molecule has 0 saturated heterocycles. The second-order valence-corrected chi connectivity index (χ2v) is 21.9. The van der Waals surface area contributed by atoms with Crippen LogP contribution in [0.4, 0.5) is 0 Å². The van der Waals surface area contributed by atoms with E-state index in [1.165, 1.54) is 0 Å². The van der Waals surface area contributed by atoms with Gasteiger partial charge >= 0.3 is 11.9 Å². The lowest BCUT2D eigenvalue weighted by Gasteiger charge is -2.26. The molecule has 2 atom stereocenters. The molecule has 0 radical (unpaired) electrons. The number of carboxylic acid groups (broad SMARTS) is 1. The fourth-order valence-electron chi connectivity index (χ4n) is 7.75. The number of esters is 2. The van der Waals surface area contributed by atoms with Crippen molar-refractivity contribution in [3.8, 4) is 0 Å². The molecule has 87 heavy (non-hydrogen) atoms. The summed E-state index contributed by atoms with van der Waals surface area (Å²) in [5.74, 6) is -2.41. The minimum Gasteiger partial charge on any atom is -0.545 e. The van der Waals surface area contributed by atoms with Gasteiger partial charge in [-0.2, -0.15) is 0 Å². The van der Waals surface area contributed by atoms with Gasteiger partial charge < -0.3 is 33.3 Å². The summed E-state index contributed by atoms with van der Waals surface area (Å²) in [6.07, 6.45) is 101. The Morgan fingerprint density at radius 2 is 0.621 bits per heavy atom. The zero-order chi connectivity index (χ0) is 63.3.